The first-order valence-electron chi connectivity index (χ1n) is 5.27. The molecule has 0 aliphatic carbocycles. The third-order valence-corrected chi connectivity index (χ3v) is 3.35. The van der Waals surface area contributed by atoms with Gasteiger partial charge in [-0.05, 0) is 24.1 Å². The largest absolute Gasteiger partial charge is 0.380 e. The summed E-state index contributed by atoms with van der Waals surface area (Å²) in [6, 6.07) is 8.50. The van der Waals surface area contributed by atoms with E-state index in [1.54, 1.807) is 7.11 Å². The third-order valence-electron chi connectivity index (χ3n) is 2.86. The van der Waals surface area contributed by atoms with Gasteiger partial charge in [0, 0.05) is 31.2 Å². The average Bonchev–Trinajstić information content (AvgIpc) is 2.65. The Bertz CT molecular complexity index is 329. The van der Waals surface area contributed by atoms with Crippen molar-refractivity contribution in [1.82, 2.24) is 4.90 Å². The van der Waals surface area contributed by atoms with E-state index in [2.05, 4.69) is 45.1 Å². The van der Waals surface area contributed by atoms with Gasteiger partial charge in [-0.2, -0.15) is 0 Å². The first-order chi connectivity index (χ1) is 7.28. The summed E-state index contributed by atoms with van der Waals surface area (Å²) in [4.78, 5) is 2.44. The monoisotopic (exact) mass is 269 g/mol. The van der Waals surface area contributed by atoms with Crippen molar-refractivity contribution in [3.05, 3.63) is 34.3 Å². The second kappa shape index (κ2) is 5.10. The van der Waals surface area contributed by atoms with Crippen LogP contribution in [0.5, 0.6) is 0 Å². The Morgan fingerprint density at radius 1 is 1.53 bits per heavy atom. The van der Waals surface area contributed by atoms with Crippen LogP contribution in [-0.2, 0) is 11.3 Å². The average molecular weight is 270 g/mol. The Morgan fingerprint density at radius 2 is 2.40 bits per heavy atom. The van der Waals surface area contributed by atoms with Crippen molar-refractivity contribution in [2.75, 3.05) is 20.2 Å². The van der Waals surface area contributed by atoms with Crippen molar-refractivity contribution in [2.24, 2.45) is 0 Å². The van der Waals surface area contributed by atoms with Crippen LogP contribution in [0.15, 0.2) is 28.7 Å². The number of hydrogen-bond acceptors (Lipinski definition) is 2. The molecule has 1 fully saturated rings. The minimum absolute atomic E-state index is 0.428. The summed E-state index contributed by atoms with van der Waals surface area (Å²) < 4.78 is 6.51. The second-order valence-electron chi connectivity index (χ2n) is 4.01. The van der Waals surface area contributed by atoms with Gasteiger partial charge in [0.25, 0.3) is 0 Å². The summed E-state index contributed by atoms with van der Waals surface area (Å²) in [7, 11) is 1.80. The lowest BCUT2D eigenvalue weighted by Gasteiger charge is -2.15. The zero-order valence-electron chi connectivity index (χ0n) is 8.95. The number of hydrogen-bond donors (Lipinski definition) is 0. The Kier molecular flexibility index (Phi) is 3.78. The highest BCUT2D eigenvalue weighted by atomic mass is 79.9. The van der Waals surface area contributed by atoms with Gasteiger partial charge < -0.3 is 4.74 Å². The van der Waals surface area contributed by atoms with Gasteiger partial charge in [-0.3, -0.25) is 4.90 Å². The van der Waals surface area contributed by atoms with E-state index in [-0.39, 0.29) is 0 Å². The van der Waals surface area contributed by atoms with Crippen LogP contribution < -0.4 is 0 Å². The van der Waals surface area contributed by atoms with E-state index in [1.807, 2.05) is 0 Å². The minimum Gasteiger partial charge on any atom is -0.380 e. The molecule has 0 saturated carbocycles. The van der Waals surface area contributed by atoms with Crippen LogP contribution in [0.2, 0.25) is 0 Å². The molecular weight excluding hydrogens is 254 g/mol. The van der Waals surface area contributed by atoms with E-state index < -0.39 is 0 Å². The number of benzene rings is 1. The van der Waals surface area contributed by atoms with Gasteiger partial charge in [0.2, 0.25) is 0 Å². The van der Waals surface area contributed by atoms with Crippen molar-refractivity contribution < 1.29 is 4.74 Å². The molecule has 1 aromatic rings. The molecule has 0 spiro atoms. The van der Waals surface area contributed by atoms with E-state index >= 15 is 0 Å². The summed E-state index contributed by atoms with van der Waals surface area (Å²) >= 11 is 3.49. The van der Waals surface area contributed by atoms with E-state index in [0.717, 1.165) is 30.5 Å². The number of rotatable bonds is 3. The van der Waals surface area contributed by atoms with Crippen LogP contribution in [0.1, 0.15) is 12.0 Å². The van der Waals surface area contributed by atoms with Crippen molar-refractivity contribution in [2.45, 2.75) is 19.1 Å². The van der Waals surface area contributed by atoms with Gasteiger partial charge in [-0.15, -0.1) is 0 Å². The highest BCUT2D eigenvalue weighted by Gasteiger charge is 2.21. The maximum atomic E-state index is 5.35. The van der Waals surface area contributed by atoms with Crippen LogP contribution in [-0.4, -0.2) is 31.2 Å². The molecule has 2 nitrogen and oxygen atoms in total. The number of nitrogens with zero attached hydrogens (tertiary/aromatic N) is 1. The van der Waals surface area contributed by atoms with Gasteiger partial charge in [0.1, 0.15) is 0 Å². The maximum Gasteiger partial charge on any atom is 0.0710 e. The molecule has 1 aliphatic rings. The first-order valence-corrected chi connectivity index (χ1v) is 6.07. The molecule has 1 atom stereocenters. The third kappa shape index (κ3) is 3.03. The van der Waals surface area contributed by atoms with Crippen molar-refractivity contribution >= 4 is 15.9 Å². The molecule has 1 heterocycles. The van der Waals surface area contributed by atoms with Crippen molar-refractivity contribution in [3.8, 4) is 0 Å². The fourth-order valence-electron chi connectivity index (χ4n) is 2.03. The van der Waals surface area contributed by atoms with E-state index in [1.165, 1.54) is 5.56 Å². The molecule has 0 amide bonds. The molecule has 1 saturated heterocycles. The minimum atomic E-state index is 0.428. The van der Waals surface area contributed by atoms with E-state index in [0.29, 0.717) is 6.10 Å². The van der Waals surface area contributed by atoms with Gasteiger partial charge in [0.05, 0.1) is 6.10 Å². The molecule has 0 aromatic heterocycles. The molecule has 0 N–H and O–H groups in total. The van der Waals surface area contributed by atoms with Crippen LogP contribution in [0.25, 0.3) is 0 Å². The van der Waals surface area contributed by atoms with Crippen molar-refractivity contribution in [3.63, 3.8) is 0 Å². The van der Waals surface area contributed by atoms with Gasteiger partial charge >= 0.3 is 0 Å². The lowest BCUT2D eigenvalue weighted by Crippen LogP contribution is -2.22. The Balaban J connectivity index is 1.92. The molecule has 2 rings (SSSR count). The summed E-state index contributed by atoms with van der Waals surface area (Å²) in [6.07, 6.45) is 1.59. The molecule has 3 heteroatoms. The van der Waals surface area contributed by atoms with Crippen LogP contribution in [0, 0.1) is 0 Å². The predicted octanol–water partition coefficient (Wildman–Crippen LogP) is 2.67. The number of likely N-dealkylation sites (tertiary alicyclic amines) is 1. The highest BCUT2D eigenvalue weighted by molar-refractivity contribution is 9.10. The molecule has 0 radical (unpaired) electrons. The molecule has 1 aromatic carbocycles. The molecule has 0 bridgehead atoms. The number of halogens is 1. The van der Waals surface area contributed by atoms with Crippen LogP contribution in [0.3, 0.4) is 0 Å². The lowest BCUT2D eigenvalue weighted by molar-refractivity contribution is 0.107. The quantitative estimate of drug-likeness (QED) is 0.837. The number of methoxy groups -OCH3 is 1. The highest BCUT2D eigenvalue weighted by Crippen LogP contribution is 2.17. The normalized spacial score (nSPS) is 22.1. The SMILES string of the molecule is CO[C@@H]1CCN(Cc2cccc(Br)c2)C1. The zero-order chi connectivity index (χ0) is 10.7. The first kappa shape index (κ1) is 11.1. The Labute approximate surface area is 99.4 Å². The summed E-state index contributed by atoms with van der Waals surface area (Å²) in [6.45, 7) is 3.23. The van der Waals surface area contributed by atoms with Gasteiger partial charge in [0.15, 0.2) is 0 Å². The second-order valence-corrected chi connectivity index (χ2v) is 4.93. The molecule has 0 unspecified atom stereocenters. The molecule has 82 valence electrons. The van der Waals surface area contributed by atoms with E-state index in [9.17, 15) is 0 Å². The Hall–Kier alpha value is -0.380. The summed E-state index contributed by atoms with van der Waals surface area (Å²) in [5, 5.41) is 0. The predicted molar refractivity (Wildman–Crippen MR) is 64.8 cm³/mol. The fraction of sp³-hybridized carbons (Fsp3) is 0.500. The number of ether oxygens (including phenoxy) is 1. The smallest absolute Gasteiger partial charge is 0.0710 e. The fourth-order valence-corrected chi connectivity index (χ4v) is 2.47. The van der Waals surface area contributed by atoms with Crippen molar-refractivity contribution in [1.29, 1.82) is 0 Å². The molecule has 15 heavy (non-hydrogen) atoms. The summed E-state index contributed by atoms with van der Waals surface area (Å²) in [5.41, 5.74) is 1.36. The maximum absolute atomic E-state index is 5.35. The van der Waals surface area contributed by atoms with Crippen LogP contribution >= 0.6 is 15.9 Å². The topological polar surface area (TPSA) is 12.5 Å². The standard InChI is InChI=1S/C12H16BrNO/c1-15-12-5-6-14(9-12)8-10-3-2-4-11(13)7-10/h2-4,7,12H,5-6,8-9H2,1H3/t12-/m1/s1. The summed E-state index contributed by atoms with van der Waals surface area (Å²) in [5.74, 6) is 0. The Morgan fingerprint density at radius 3 is 3.07 bits per heavy atom. The molecule has 1 aliphatic heterocycles. The van der Waals surface area contributed by atoms with E-state index in [4.69, 9.17) is 4.74 Å². The van der Waals surface area contributed by atoms with Gasteiger partial charge in [-0.1, -0.05) is 28.1 Å². The zero-order valence-corrected chi connectivity index (χ0v) is 10.5. The molecular formula is C12H16BrNO. The lowest BCUT2D eigenvalue weighted by atomic mass is 10.2. The van der Waals surface area contributed by atoms with Gasteiger partial charge in [-0.25, -0.2) is 0 Å². The van der Waals surface area contributed by atoms with Crippen LogP contribution in [0.4, 0.5) is 0 Å².